The van der Waals surface area contributed by atoms with E-state index in [-0.39, 0.29) is 12.2 Å². The van der Waals surface area contributed by atoms with Crippen molar-refractivity contribution in [2.45, 2.75) is 44.8 Å². The second-order valence-corrected chi connectivity index (χ2v) is 8.49. The summed E-state index contributed by atoms with van der Waals surface area (Å²) < 4.78 is 11.1. The van der Waals surface area contributed by atoms with Crippen LogP contribution in [0.1, 0.15) is 32.6 Å². The van der Waals surface area contributed by atoms with Crippen LogP contribution < -0.4 is 0 Å². The Balaban J connectivity index is 2.12. The third-order valence-corrected chi connectivity index (χ3v) is 5.01. The lowest BCUT2D eigenvalue weighted by Crippen LogP contribution is -2.38. The van der Waals surface area contributed by atoms with Crippen LogP contribution in [0.3, 0.4) is 0 Å². The molecule has 1 heterocycles. The minimum absolute atomic E-state index is 0.183. The number of fused-ring (bicyclic) bond motifs is 1. The quantitative estimate of drug-likeness (QED) is 0.605. The number of rotatable bonds is 0. The summed E-state index contributed by atoms with van der Waals surface area (Å²) in [6, 6.07) is 0. The van der Waals surface area contributed by atoms with Crippen molar-refractivity contribution >= 4 is 28.9 Å². The Bertz CT molecular complexity index is 248. The van der Waals surface area contributed by atoms with E-state index in [0.29, 0.717) is 5.92 Å². The Labute approximate surface area is 88.9 Å². The Morgan fingerprint density at radius 1 is 1.31 bits per heavy atom. The van der Waals surface area contributed by atoms with E-state index in [2.05, 4.69) is 6.92 Å². The van der Waals surface area contributed by atoms with Crippen LogP contribution in [0.2, 0.25) is 0 Å². The average Bonchev–Trinajstić information content (AvgIpc) is 2.02. The summed E-state index contributed by atoms with van der Waals surface area (Å²) in [4.78, 5) is 0. The molecule has 0 aromatic carbocycles. The van der Waals surface area contributed by atoms with Crippen LogP contribution in [0.4, 0.5) is 0 Å². The van der Waals surface area contributed by atoms with Gasteiger partial charge in [-0.3, -0.25) is 0 Å². The number of hydrogen-bond acceptors (Lipinski definition) is 3. The van der Waals surface area contributed by atoms with Crippen LogP contribution in [-0.4, -0.2) is 12.2 Å². The van der Waals surface area contributed by atoms with Gasteiger partial charge in [0.15, 0.2) is 0 Å². The van der Waals surface area contributed by atoms with Gasteiger partial charge >= 0.3 is 0 Å². The fourth-order valence-corrected chi connectivity index (χ4v) is 4.87. The molecule has 0 N–H and O–H groups in total. The molecule has 1 aliphatic heterocycles. The zero-order chi connectivity index (χ0) is 9.47. The summed E-state index contributed by atoms with van der Waals surface area (Å²) >= 11 is 11.0. The molecule has 0 radical (unpaired) electrons. The minimum atomic E-state index is -2.43. The molecule has 0 aromatic heterocycles. The van der Waals surface area contributed by atoms with E-state index in [1.54, 1.807) is 0 Å². The standard InChI is InChI=1S/C8H14ClO2PS/c1-6-7-4-2-3-5-8(7)11-12(9,13)10-6/h6-8H,2-5H2,1H3. The van der Waals surface area contributed by atoms with Crippen LogP contribution in [0.15, 0.2) is 0 Å². The SMILES string of the molecule is CC1OP(=S)(Cl)OC2CCCCC12. The van der Waals surface area contributed by atoms with Crippen molar-refractivity contribution in [2.24, 2.45) is 5.92 Å². The van der Waals surface area contributed by atoms with Gasteiger partial charge in [-0.1, -0.05) is 12.8 Å². The van der Waals surface area contributed by atoms with Crippen molar-refractivity contribution in [1.29, 1.82) is 0 Å². The van der Waals surface area contributed by atoms with Gasteiger partial charge in [0, 0.05) is 5.92 Å². The highest BCUT2D eigenvalue weighted by Gasteiger charge is 2.41. The lowest BCUT2D eigenvalue weighted by Gasteiger charge is -2.42. The summed E-state index contributed by atoms with van der Waals surface area (Å²) in [5.74, 6) is -1.91. The summed E-state index contributed by atoms with van der Waals surface area (Å²) in [6.07, 6.45) is 5.26. The topological polar surface area (TPSA) is 18.5 Å². The summed E-state index contributed by atoms with van der Waals surface area (Å²) in [6.45, 7) is 2.06. The summed E-state index contributed by atoms with van der Waals surface area (Å²) in [5.41, 5.74) is 0. The van der Waals surface area contributed by atoms with Gasteiger partial charge in [-0.2, -0.15) is 0 Å². The second kappa shape index (κ2) is 3.79. The molecule has 76 valence electrons. The van der Waals surface area contributed by atoms with E-state index in [1.165, 1.54) is 19.3 Å². The van der Waals surface area contributed by atoms with Crippen molar-refractivity contribution in [3.05, 3.63) is 0 Å². The van der Waals surface area contributed by atoms with Crippen LogP contribution in [0, 0.1) is 5.92 Å². The Hall–Kier alpha value is 0.860. The Kier molecular flexibility index (Phi) is 3.02. The largest absolute Gasteiger partial charge is 0.315 e. The lowest BCUT2D eigenvalue weighted by atomic mass is 9.83. The third kappa shape index (κ3) is 2.27. The normalized spacial score (nSPS) is 51.4. The maximum Gasteiger partial charge on any atom is 0.282 e. The molecule has 1 saturated carbocycles. The van der Waals surface area contributed by atoms with Gasteiger partial charge in [0.25, 0.3) is 5.84 Å². The third-order valence-electron chi connectivity index (χ3n) is 2.91. The lowest BCUT2D eigenvalue weighted by molar-refractivity contribution is -0.0190. The van der Waals surface area contributed by atoms with Crippen molar-refractivity contribution in [3.63, 3.8) is 0 Å². The van der Waals surface area contributed by atoms with Gasteiger partial charge in [0.05, 0.1) is 12.2 Å². The first-order valence-electron chi connectivity index (χ1n) is 4.75. The highest BCUT2D eigenvalue weighted by atomic mass is 35.7. The van der Waals surface area contributed by atoms with Gasteiger partial charge in [-0.15, -0.1) is 0 Å². The molecular formula is C8H14ClO2PS. The van der Waals surface area contributed by atoms with Gasteiger partial charge in [-0.25, -0.2) is 0 Å². The maximum atomic E-state index is 5.97. The molecule has 0 amide bonds. The van der Waals surface area contributed by atoms with Gasteiger partial charge in [0.2, 0.25) is 0 Å². The minimum Gasteiger partial charge on any atom is -0.315 e. The highest BCUT2D eigenvalue weighted by Crippen LogP contribution is 2.61. The summed E-state index contributed by atoms with van der Waals surface area (Å²) in [7, 11) is 0. The van der Waals surface area contributed by atoms with E-state index < -0.39 is 5.84 Å². The van der Waals surface area contributed by atoms with Crippen molar-refractivity contribution < 1.29 is 9.05 Å². The molecule has 5 heteroatoms. The fraction of sp³-hybridized carbons (Fsp3) is 1.00. The fourth-order valence-electron chi connectivity index (χ4n) is 2.26. The number of halogens is 1. The van der Waals surface area contributed by atoms with Crippen LogP contribution in [0.5, 0.6) is 0 Å². The molecule has 1 saturated heterocycles. The average molecular weight is 241 g/mol. The van der Waals surface area contributed by atoms with E-state index in [4.69, 9.17) is 32.1 Å². The van der Waals surface area contributed by atoms with Crippen LogP contribution >= 0.6 is 17.1 Å². The van der Waals surface area contributed by atoms with E-state index in [1.807, 2.05) is 0 Å². The highest BCUT2D eigenvalue weighted by molar-refractivity contribution is 8.22. The zero-order valence-electron chi connectivity index (χ0n) is 7.61. The molecule has 2 rings (SSSR count). The second-order valence-electron chi connectivity index (χ2n) is 3.83. The smallest absolute Gasteiger partial charge is 0.282 e. The van der Waals surface area contributed by atoms with E-state index >= 15 is 0 Å². The number of hydrogen-bond donors (Lipinski definition) is 0. The van der Waals surface area contributed by atoms with E-state index in [9.17, 15) is 0 Å². The molecule has 2 aliphatic rings. The van der Waals surface area contributed by atoms with Crippen molar-refractivity contribution in [1.82, 2.24) is 0 Å². The van der Waals surface area contributed by atoms with Gasteiger partial charge in [-0.05, 0) is 42.8 Å². The van der Waals surface area contributed by atoms with Crippen LogP contribution in [-0.2, 0) is 20.9 Å². The van der Waals surface area contributed by atoms with Crippen molar-refractivity contribution in [2.75, 3.05) is 0 Å². The molecule has 0 aromatic rings. The molecule has 0 bridgehead atoms. The first-order chi connectivity index (χ1) is 6.08. The molecule has 4 atom stereocenters. The molecule has 2 nitrogen and oxygen atoms in total. The molecule has 13 heavy (non-hydrogen) atoms. The molecule has 1 aliphatic carbocycles. The molecule has 2 fully saturated rings. The first-order valence-corrected chi connectivity index (χ1v) is 8.29. The molecular weight excluding hydrogens is 227 g/mol. The maximum absolute atomic E-state index is 5.97. The van der Waals surface area contributed by atoms with Crippen molar-refractivity contribution in [3.8, 4) is 0 Å². The van der Waals surface area contributed by atoms with Gasteiger partial charge in [0.1, 0.15) is 0 Å². The zero-order valence-corrected chi connectivity index (χ0v) is 10.1. The predicted octanol–water partition coefficient (Wildman–Crippen LogP) is 3.44. The van der Waals surface area contributed by atoms with Crippen LogP contribution in [0.25, 0.3) is 0 Å². The predicted molar refractivity (Wildman–Crippen MR) is 57.5 cm³/mol. The monoisotopic (exact) mass is 240 g/mol. The molecule has 4 unspecified atom stereocenters. The Morgan fingerprint density at radius 2 is 2.00 bits per heavy atom. The summed E-state index contributed by atoms with van der Waals surface area (Å²) in [5, 5.41) is 0. The van der Waals surface area contributed by atoms with Gasteiger partial charge < -0.3 is 9.05 Å². The first kappa shape index (κ1) is 10.4. The molecule has 0 spiro atoms. The van der Waals surface area contributed by atoms with E-state index in [0.717, 1.165) is 6.42 Å². The Morgan fingerprint density at radius 3 is 2.77 bits per heavy atom.